The smallest absolute Gasteiger partial charge is 0.166 e. The van der Waals surface area contributed by atoms with Crippen LogP contribution >= 0.6 is 34.6 Å². The van der Waals surface area contributed by atoms with Gasteiger partial charge in [-0.25, -0.2) is 3.11 Å². The van der Waals surface area contributed by atoms with Crippen molar-refractivity contribution >= 4 is 47.2 Å². The van der Waals surface area contributed by atoms with E-state index >= 15 is 0 Å². The summed E-state index contributed by atoms with van der Waals surface area (Å²) in [7, 11) is 3.59. The van der Waals surface area contributed by atoms with Gasteiger partial charge in [0, 0.05) is 35.7 Å². The SMILES string of the molecule is CN(I)C(C=O)C1SCC(CO)=C(C=O)N1C. The summed E-state index contributed by atoms with van der Waals surface area (Å²) in [5.41, 5.74) is 1.20. The zero-order chi connectivity index (χ0) is 13.0. The Kier molecular flexibility index (Phi) is 5.90. The fraction of sp³-hybridized carbons (Fsp3) is 0.600. The van der Waals surface area contributed by atoms with Crippen LogP contribution in [0.1, 0.15) is 0 Å². The van der Waals surface area contributed by atoms with Crippen molar-refractivity contribution in [2.24, 2.45) is 0 Å². The van der Waals surface area contributed by atoms with Crippen molar-refractivity contribution in [3.63, 3.8) is 0 Å². The molecule has 5 nitrogen and oxygen atoms in total. The third-order valence-corrected chi connectivity index (χ3v) is 4.79. The Labute approximate surface area is 119 Å². The molecule has 2 unspecified atom stereocenters. The highest BCUT2D eigenvalue weighted by Crippen LogP contribution is 2.32. The molecule has 0 aliphatic carbocycles. The van der Waals surface area contributed by atoms with E-state index in [1.807, 2.05) is 7.05 Å². The number of likely N-dealkylation sites (N-methyl/N-ethyl adjacent to an activating group) is 2. The molecule has 17 heavy (non-hydrogen) atoms. The second kappa shape index (κ2) is 6.72. The van der Waals surface area contributed by atoms with Gasteiger partial charge in [-0.05, 0) is 12.6 Å². The lowest BCUT2D eigenvalue weighted by Crippen LogP contribution is -2.47. The molecule has 0 aromatic heterocycles. The number of thioether (sulfide) groups is 1. The van der Waals surface area contributed by atoms with Crippen molar-refractivity contribution in [1.82, 2.24) is 8.01 Å². The summed E-state index contributed by atoms with van der Waals surface area (Å²) in [5.74, 6) is 0.578. The molecule has 1 aliphatic rings. The monoisotopic (exact) mass is 370 g/mol. The van der Waals surface area contributed by atoms with E-state index in [0.29, 0.717) is 17.0 Å². The maximum absolute atomic E-state index is 11.1. The number of allylic oxidation sites excluding steroid dienone is 1. The highest BCUT2D eigenvalue weighted by atomic mass is 127. The van der Waals surface area contributed by atoms with Gasteiger partial charge in [-0.1, -0.05) is 0 Å². The summed E-state index contributed by atoms with van der Waals surface area (Å²) in [4.78, 5) is 23.9. The second-order valence-electron chi connectivity index (χ2n) is 3.73. The number of hydrogen-bond acceptors (Lipinski definition) is 6. The van der Waals surface area contributed by atoms with Gasteiger partial charge in [0.1, 0.15) is 12.3 Å². The molecular weight excluding hydrogens is 355 g/mol. The Hall–Kier alpha value is -0.120. The molecule has 1 rings (SSSR count). The third kappa shape index (κ3) is 3.21. The molecule has 0 spiro atoms. The van der Waals surface area contributed by atoms with Gasteiger partial charge < -0.3 is 14.8 Å². The summed E-state index contributed by atoms with van der Waals surface area (Å²) in [6.07, 6.45) is 1.63. The largest absolute Gasteiger partial charge is 0.392 e. The third-order valence-electron chi connectivity index (χ3n) is 2.70. The number of carbonyl (C=O) groups is 2. The number of halogens is 1. The van der Waals surface area contributed by atoms with Crippen molar-refractivity contribution in [2.75, 3.05) is 26.5 Å². The molecule has 0 fully saturated rings. The van der Waals surface area contributed by atoms with E-state index in [1.54, 1.807) is 26.8 Å². The standard InChI is InChI=1S/C10H15IN2O3S/c1-12-8(4-15)7(3-14)6-17-10(12)9(5-16)13(2)11/h4-5,9-10,14H,3,6H2,1-2H3. The van der Waals surface area contributed by atoms with Crippen LogP contribution in [-0.4, -0.2) is 63.6 Å². The van der Waals surface area contributed by atoms with E-state index in [2.05, 4.69) is 22.9 Å². The fourth-order valence-corrected chi connectivity index (χ4v) is 3.75. The van der Waals surface area contributed by atoms with Gasteiger partial charge in [0.25, 0.3) is 0 Å². The Bertz CT molecular complexity index is 336. The molecule has 0 aromatic carbocycles. The van der Waals surface area contributed by atoms with E-state index in [9.17, 15) is 9.59 Å². The van der Waals surface area contributed by atoms with Crippen molar-refractivity contribution in [3.05, 3.63) is 11.3 Å². The van der Waals surface area contributed by atoms with Crippen LogP contribution in [0, 0.1) is 0 Å². The van der Waals surface area contributed by atoms with Gasteiger partial charge in [-0.3, -0.25) is 4.79 Å². The molecule has 2 atom stereocenters. The number of rotatable bonds is 5. The van der Waals surface area contributed by atoms with Crippen molar-refractivity contribution in [1.29, 1.82) is 0 Å². The zero-order valence-electron chi connectivity index (χ0n) is 9.67. The first-order valence-corrected chi connectivity index (χ1v) is 7.04. The number of aliphatic hydroxyl groups is 1. The second-order valence-corrected chi connectivity index (χ2v) is 6.36. The lowest BCUT2D eigenvalue weighted by Gasteiger charge is -2.39. The van der Waals surface area contributed by atoms with Crippen LogP contribution in [0.2, 0.25) is 0 Å². The van der Waals surface area contributed by atoms with Gasteiger partial charge in [-0.15, -0.1) is 11.8 Å². The molecule has 0 amide bonds. The topological polar surface area (TPSA) is 60.9 Å². The van der Waals surface area contributed by atoms with Crippen molar-refractivity contribution in [2.45, 2.75) is 11.4 Å². The molecular formula is C10H15IN2O3S. The Morgan fingerprint density at radius 2 is 2.35 bits per heavy atom. The first kappa shape index (κ1) is 14.9. The lowest BCUT2D eigenvalue weighted by molar-refractivity contribution is -0.112. The molecule has 1 aliphatic heterocycles. The number of carbonyl (C=O) groups excluding carboxylic acids is 2. The highest BCUT2D eigenvalue weighted by Gasteiger charge is 2.33. The minimum absolute atomic E-state index is 0.107. The molecule has 0 radical (unpaired) electrons. The number of nitrogens with zero attached hydrogens (tertiary/aromatic N) is 2. The van der Waals surface area contributed by atoms with Crippen LogP contribution in [0.3, 0.4) is 0 Å². The lowest BCUT2D eigenvalue weighted by atomic mass is 10.2. The quantitative estimate of drug-likeness (QED) is 0.427. The number of hydrogen-bond donors (Lipinski definition) is 1. The van der Waals surface area contributed by atoms with E-state index < -0.39 is 0 Å². The number of aldehydes is 2. The summed E-state index contributed by atoms with van der Waals surface area (Å²) in [6, 6.07) is -0.291. The minimum Gasteiger partial charge on any atom is -0.392 e. The average Bonchev–Trinajstić information content (AvgIpc) is 2.31. The first-order valence-electron chi connectivity index (χ1n) is 5.03. The highest BCUT2D eigenvalue weighted by molar-refractivity contribution is 14.1. The molecule has 7 heteroatoms. The van der Waals surface area contributed by atoms with Gasteiger partial charge in [0.2, 0.25) is 0 Å². The van der Waals surface area contributed by atoms with Gasteiger partial charge in [0.05, 0.1) is 17.7 Å². The molecule has 96 valence electrons. The predicted octanol–water partition coefficient (Wildman–Crippen LogP) is 0.286. The fourth-order valence-electron chi connectivity index (χ4n) is 1.71. The normalized spacial score (nSPS) is 22.9. The number of aliphatic hydroxyl groups excluding tert-OH is 1. The summed E-state index contributed by atoms with van der Waals surface area (Å²) >= 11 is 3.61. The molecule has 1 heterocycles. The van der Waals surface area contributed by atoms with Crippen molar-refractivity contribution < 1.29 is 14.7 Å². The maximum Gasteiger partial charge on any atom is 0.166 e. The summed E-state index contributed by atoms with van der Waals surface area (Å²) in [5, 5.41) is 9.06. The van der Waals surface area contributed by atoms with Gasteiger partial charge >= 0.3 is 0 Å². The minimum atomic E-state index is -0.291. The van der Waals surface area contributed by atoms with Crippen LogP contribution < -0.4 is 0 Å². The van der Waals surface area contributed by atoms with E-state index in [1.165, 1.54) is 0 Å². The predicted molar refractivity (Wildman–Crippen MR) is 75.8 cm³/mol. The zero-order valence-corrected chi connectivity index (χ0v) is 12.6. The average molecular weight is 370 g/mol. The van der Waals surface area contributed by atoms with E-state index in [-0.39, 0.29) is 18.0 Å². The molecule has 1 N–H and O–H groups in total. The maximum atomic E-state index is 11.1. The van der Waals surface area contributed by atoms with Gasteiger partial charge in [0.15, 0.2) is 6.29 Å². The summed E-state index contributed by atoms with van der Waals surface area (Å²) in [6.45, 7) is -0.121. The van der Waals surface area contributed by atoms with Crippen LogP contribution in [0.25, 0.3) is 0 Å². The Morgan fingerprint density at radius 3 is 2.76 bits per heavy atom. The summed E-state index contributed by atoms with van der Waals surface area (Å²) < 4.78 is 1.80. The molecule has 0 aromatic rings. The van der Waals surface area contributed by atoms with Crippen molar-refractivity contribution in [3.8, 4) is 0 Å². The van der Waals surface area contributed by atoms with Crippen LogP contribution in [-0.2, 0) is 9.59 Å². The van der Waals surface area contributed by atoms with Crippen LogP contribution in [0.4, 0.5) is 0 Å². The Balaban J connectivity index is 2.98. The van der Waals surface area contributed by atoms with E-state index in [4.69, 9.17) is 5.11 Å². The van der Waals surface area contributed by atoms with E-state index in [0.717, 1.165) is 12.6 Å². The first-order chi connectivity index (χ1) is 8.06. The van der Waals surface area contributed by atoms with Crippen LogP contribution in [0.15, 0.2) is 11.3 Å². The van der Waals surface area contributed by atoms with Crippen LogP contribution in [0.5, 0.6) is 0 Å². The van der Waals surface area contributed by atoms with Gasteiger partial charge in [-0.2, -0.15) is 0 Å². The Morgan fingerprint density at radius 1 is 1.71 bits per heavy atom. The molecule has 0 bridgehead atoms. The molecule has 0 saturated carbocycles. The molecule has 0 saturated heterocycles.